The predicted molar refractivity (Wildman–Crippen MR) is 187 cm³/mol. The van der Waals surface area contributed by atoms with Gasteiger partial charge < -0.3 is 9.30 Å². The topological polar surface area (TPSA) is 97.7 Å². The number of aldehydes is 1. The number of rotatable bonds is 11. The van der Waals surface area contributed by atoms with Crippen LogP contribution in [0.15, 0.2) is 172 Å². The predicted octanol–water partition coefficient (Wildman–Crippen LogP) is 9.21. The van der Waals surface area contributed by atoms with Crippen LogP contribution in [0.3, 0.4) is 0 Å². The summed E-state index contributed by atoms with van der Waals surface area (Å²) in [5, 5.41) is 18.4. The molecule has 5 aromatic carbocycles. The molecule has 1 aliphatic heterocycles. The molecule has 0 saturated heterocycles. The van der Waals surface area contributed by atoms with Crippen LogP contribution < -0.4 is 0 Å². The average molecular weight is 644 g/mol. The zero-order chi connectivity index (χ0) is 33.7. The van der Waals surface area contributed by atoms with Gasteiger partial charge in [-0.15, -0.1) is 10.2 Å². The van der Waals surface area contributed by atoms with Crippen molar-refractivity contribution >= 4 is 12.3 Å². The van der Waals surface area contributed by atoms with Crippen molar-refractivity contribution in [3.8, 4) is 11.1 Å². The monoisotopic (exact) mass is 643 g/mol. The molecule has 0 bridgehead atoms. The van der Waals surface area contributed by atoms with Crippen molar-refractivity contribution in [1.29, 1.82) is 0 Å². The third-order valence-electron chi connectivity index (χ3n) is 9.09. The maximum Gasteiger partial charge on any atom is 0.354 e. The fourth-order valence-corrected chi connectivity index (χ4v) is 6.97. The molecule has 0 atom stereocenters. The highest BCUT2D eigenvalue weighted by atomic mass is 16.5. The summed E-state index contributed by atoms with van der Waals surface area (Å²) in [6.07, 6.45) is 0.746. The smallest absolute Gasteiger partial charge is 0.354 e. The van der Waals surface area contributed by atoms with Crippen LogP contribution in [-0.4, -0.2) is 23.4 Å². The van der Waals surface area contributed by atoms with Crippen LogP contribution in [0.1, 0.15) is 55.7 Å². The summed E-state index contributed by atoms with van der Waals surface area (Å²) >= 11 is 0. The van der Waals surface area contributed by atoms with Crippen LogP contribution in [0.5, 0.6) is 0 Å². The van der Waals surface area contributed by atoms with Crippen molar-refractivity contribution in [2.45, 2.75) is 24.5 Å². The van der Waals surface area contributed by atoms with Gasteiger partial charge in [0.2, 0.25) is 5.66 Å². The average Bonchev–Trinajstić information content (AvgIpc) is 3.82. The van der Waals surface area contributed by atoms with E-state index < -0.39 is 17.0 Å². The lowest BCUT2D eigenvalue weighted by molar-refractivity contribution is 0.0514. The van der Waals surface area contributed by atoms with E-state index in [1.165, 1.54) is 0 Å². The van der Waals surface area contributed by atoms with Crippen molar-refractivity contribution in [3.05, 3.63) is 191 Å². The lowest BCUT2D eigenvalue weighted by Gasteiger charge is -2.45. The molecule has 0 radical (unpaired) electrons. The Bertz CT molecular complexity index is 2030. The summed E-state index contributed by atoms with van der Waals surface area (Å²) in [5.41, 5.74) is 5.04. The minimum Gasteiger partial charge on any atom is -0.461 e. The highest BCUT2D eigenvalue weighted by molar-refractivity contribution is 5.90. The molecule has 1 aliphatic rings. The first-order chi connectivity index (χ1) is 24.1. The van der Waals surface area contributed by atoms with Gasteiger partial charge >= 0.3 is 5.97 Å². The number of ether oxygens (including phenoxy) is 1. The number of hydrogen-bond acceptors (Lipinski definition) is 7. The fourth-order valence-electron chi connectivity index (χ4n) is 6.97. The van der Waals surface area contributed by atoms with Crippen LogP contribution in [0.4, 0.5) is 0 Å². The Morgan fingerprint density at radius 1 is 0.694 bits per heavy atom. The first kappa shape index (κ1) is 31.3. The quantitative estimate of drug-likeness (QED) is 0.0800. The van der Waals surface area contributed by atoms with E-state index in [9.17, 15) is 9.59 Å². The molecular weight excluding hydrogens is 610 g/mol. The van der Waals surface area contributed by atoms with Crippen LogP contribution >= 0.6 is 0 Å². The summed E-state index contributed by atoms with van der Waals surface area (Å²) in [6.45, 7) is 2.32. The van der Waals surface area contributed by atoms with Crippen LogP contribution in [0.25, 0.3) is 11.1 Å². The number of nitrogens with zero attached hydrogens (tertiary/aromatic N) is 5. The number of carbonyl (C=O) groups excluding carboxylic acids is 2. The van der Waals surface area contributed by atoms with E-state index in [1.807, 2.05) is 91.0 Å². The zero-order valence-corrected chi connectivity index (χ0v) is 26.9. The van der Waals surface area contributed by atoms with Gasteiger partial charge in [0.25, 0.3) is 0 Å². The molecular formula is C41H33N5O3. The fraction of sp³-hybridized carbons (Fsp3) is 0.122. The normalized spacial score (nSPS) is 13.3. The van der Waals surface area contributed by atoms with Crippen LogP contribution in [0.2, 0.25) is 0 Å². The van der Waals surface area contributed by atoms with Crippen LogP contribution in [-0.2, 0) is 22.4 Å². The highest BCUT2D eigenvalue weighted by Crippen LogP contribution is 2.58. The number of hydrogen-bond donors (Lipinski definition) is 0. The van der Waals surface area contributed by atoms with E-state index in [2.05, 4.69) is 59.0 Å². The van der Waals surface area contributed by atoms with Gasteiger partial charge in [0.15, 0.2) is 6.29 Å². The molecule has 0 N–H and O–H groups in total. The lowest BCUT2D eigenvalue weighted by atomic mass is 9.59. The Balaban J connectivity index is 1.39. The number of esters is 1. The standard InChI is InChI=1S/C41H33N5O3/c1-2-49-39(48)38-27-26-35(29-47)46(38)28-30-22-24-31(25-23-30)36-20-12-13-21-37(36)41(42-44-45-43-41)40(32-14-6-3-7-15-32,33-16-8-4-9-17-33)34-18-10-5-11-19-34/h3-27,29H,2,28H2,1H3. The molecule has 0 amide bonds. The van der Waals surface area contributed by atoms with E-state index in [4.69, 9.17) is 15.0 Å². The summed E-state index contributed by atoms with van der Waals surface area (Å²) < 4.78 is 6.90. The molecule has 0 aliphatic carbocycles. The van der Waals surface area contributed by atoms with Gasteiger partial charge in [-0.05, 0) is 62.9 Å². The molecule has 2 heterocycles. The molecule has 0 unspecified atom stereocenters. The second-order valence-electron chi connectivity index (χ2n) is 11.7. The summed E-state index contributed by atoms with van der Waals surface area (Å²) in [7, 11) is 0. The molecule has 49 heavy (non-hydrogen) atoms. The summed E-state index contributed by atoms with van der Waals surface area (Å²) in [5.74, 6) is -0.468. The number of carbonyl (C=O) groups is 2. The Hall–Kier alpha value is -6.28. The van der Waals surface area contributed by atoms with E-state index >= 15 is 0 Å². The van der Waals surface area contributed by atoms with Gasteiger partial charge in [-0.1, -0.05) is 140 Å². The lowest BCUT2D eigenvalue weighted by Crippen LogP contribution is -2.48. The van der Waals surface area contributed by atoms with Crippen molar-refractivity contribution < 1.29 is 14.3 Å². The van der Waals surface area contributed by atoms with Crippen molar-refractivity contribution in [2.75, 3.05) is 6.61 Å². The Morgan fingerprint density at radius 3 is 1.76 bits per heavy atom. The maximum absolute atomic E-state index is 12.6. The molecule has 7 rings (SSSR count). The third kappa shape index (κ3) is 5.37. The van der Waals surface area contributed by atoms with Gasteiger partial charge in [0.1, 0.15) is 5.69 Å². The van der Waals surface area contributed by atoms with Gasteiger partial charge in [0, 0.05) is 12.1 Å². The largest absolute Gasteiger partial charge is 0.461 e. The molecule has 8 heteroatoms. The zero-order valence-electron chi connectivity index (χ0n) is 26.9. The van der Waals surface area contributed by atoms with E-state index in [-0.39, 0.29) is 6.61 Å². The Kier molecular flexibility index (Phi) is 8.60. The third-order valence-corrected chi connectivity index (χ3v) is 9.09. The highest BCUT2D eigenvalue weighted by Gasteiger charge is 2.60. The summed E-state index contributed by atoms with van der Waals surface area (Å²) in [6, 6.07) is 50.3. The first-order valence-electron chi connectivity index (χ1n) is 16.1. The SMILES string of the molecule is CCOC(=O)c1ccc(C=O)n1Cc1ccc(-c2ccccc2C2(C(c3ccccc3)(c3ccccc3)c3ccccc3)N=NN=N2)cc1. The molecule has 0 saturated carbocycles. The van der Waals surface area contributed by atoms with Gasteiger partial charge in [0.05, 0.1) is 17.7 Å². The maximum atomic E-state index is 12.6. The van der Waals surface area contributed by atoms with Crippen molar-refractivity contribution in [1.82, 2.24) is 4.57 Å². The molecule has 1 aromatic heterocycles. The second kappa shape index (κ2) is 13.4. The van der Waals surface area contributed by atoms with E-state index in [0.717, 1.165) is 45.2 Å². The van der Waals surface area contributed by atoms with Crippen molar-refractivity contribution in [3.63, 3.8) is 0 Å². The number of aromatic nitrogens is 1. The Labute approximate surface area is 284 Å². The molecule has 0 spiro atoms. The summed E-state index contributed by atoms with van der Waals surface area (Å²) in [4.78, 5) is 24.4. The molecule has 8 nitrogen and oxygen atoms in total. The minimum absolute atomic E-state index is 0.245. The van der Waals surface area contributed by atoms with Gasteiger partial charge in [-0.2, -0.15) is 0 Å². The van der Waals surface area contributed by atoms with Gasteiger partial charge in [-0.25, -0.2) is 4.79 Å². The number of benzene rings is 5. The minimum atomic E-state index is -1.31. The van der Waals surface area contributed by atoms with E-state index in [1.54, 1.807) is 23.6 Å². The van der Waals surface area contributed by atoms with Crippen molar-refractivity contribution in [2.24, 2.45) is 20.7 Å². The first-order valence-corrected chi connectivity index (χ1v) is 16.1. The molecule has 0 fully saturated rings. The van der Waals surface area contributed by atoms with Gasteiger partial charge in [-0.3, -0.25) is 4.79 Å². The Morgan fingerprint density at radius 2 is 1.22 bits per heavy atom. The second-order valence-corrected chi connectivity index (χ2v) is 11.7. The molecule has 6 aromatic rings. The van der Waals surface area contributed by atoms with Crippen LogP contribution in [0, 0.1) is 0 Å². The molecule has 240 valence electrons. The van der Waals surface area contributed by atoms with E-state index in [0.29, 0.717) is 17.9 Å².